The predicted molar refractivity (Wildman–Crippen MR) is 113 cm³/mol. The summed E-state index contributed by atoms with van der Waals surface area (Å²) in [5.74, 6) is -0.747. The number of hydrogen-bond acceptors (Lipinski definition) is 4. The first-order chi connectivity index (χ1) is 13.8. The molecule has 0 bridgehead atoms. The number of methoxy groups -OCH3 is 1. The Morgan fingerprint density at radius 1 is 1.17 bits per heavy atom. The molecule has 0 radical (unpaired) electrons. The molecule has 0 aliphatic carbocycles. The van der Waals surface area contributed by atoms with E-state index in [1.165, 1.54) is 0 Å². The molecule has 154 valence electrons. The van der Waals surface area contributed by atoms with Gasteiger partial charge in [-0.15, -0.1) is 0 Å². The van der Waals surface area contributed by atoms with Gasteiger partial charge in [0.25, 0.3) is 0 Å². The number of benzene rings is 2. The fourth-order valence-electron chi connectivity index (χ4n) is 3.71. The molecule has 29 heavy (non-hydrogen) atoms. The molecule has 1 N–H and O–H groups in total. The zero-order valence-corrected chi connectivity index (χ0v) is 17.5. The maximum atomic E-state index is 13.4. The largest absolute Gasteiger partial charge is 0.379 e. The van der Waals surface area contributed by atoms with Crippen LogP contribution in [0, 0.1) is 0 Å². The Kier molecular flexibility index (Phi) is 6.50. The van der Waals surface area contributed by atoms with Crippen LogP contribution in [0.2, 0.25) is 0 Å². The second kappa shape index (κ2) is 8.89. The zero-order valence-electron chi connectivity index (χ0n) is 17.5. The van der Waals surface area contributed by atoms with Crippen molar-refractivity contribution in [3.8, 4) is 11.1 Å². The zero-order chi connectivity index (χ0) is 21.0. The molecule has 1 aliphatic heterocycles. The average molecular weight is 395 g/mol. The van der Waals surface area contributed by atoms with Gasteiger partial charge in [-0.3, -0.25) is 9.59 Å². The standard InChI is InChI=1S/C24H29NO4/c1-16-22(21(26)15-29-16)25-23(27)20(14-24(2,3)28-4)19-13-9-8-12-18(19)17-10-6-5-7-11-17/h5-13,16,20,22H,14-15H2,1-4H3,(H,25,27). The minimum Gasteiger partial charge on any atom is -0.379 e. The van der Waals surface area contributed by atoms with E-state index in [2.05, 4.69) is 5.32 Å². The van der Waals surface area contributed by atoms with Crippen LogP contribution < -0.4 is 5.32 Å². The minimum absolute atomic E-state index is 0.0426. The first-order valence-corrected chi connectivity index (χ1v) is 9.96. The molecule has 1 aliphatic rings. The maximum Gasteiger partial charge on any atom is 0.228 e. The summed E-state index contributed by atoms with van der Waals surface area (Å²) in [6.07, 6.45) is 0.155. The smallest absolute Gasteiger partial charge is 0.228 e. The molecule has 0 aromatic heterocycles. The predicted octanol–water partition coefficient (Wildman–Crippen LogP) is 3.72. The van der Waals surface area contributed by atoms with Gasteiger partial charge in [-0.1, -0.05) is 54.6 Å². The van der Waals surface area contributed by atoms with Crippen molar-refractivity contribution in [1.82, 2.24) is 5.32 Å². The average Bonchev–Trinajstić information content (AvgIpc) is 3.04. The van der Waals surface area contributed by atoms with E-state index in [0.29, 0.717) is 6.42 Å². The lowest BCUT2D eigenvalue weighted by Gasteiger charge is -2.30. The fraction of sp³-hybridized carbons (Fsp3) is 0.417. The molecule has 0 spiro atoms. The Labute approximate surface area is 172 Å². The fourth-order valence-corrected chi connectivity index (χ4v) is 3.71. The monoisotopic (exact) mass is 395 g/mol. The molecule has 3 unspecified atom stereocenters. The minimum atomic E-state index is -0.612. The van der Waals surface area contributed by atoms with E-state index in [0.717, 1.165) is 16.7 Å². The third kappa shape index (κ3) is 4.92. The molecule has 3 atom stereocenters. The summed E-state index contributed by atoms with van der Waals surface area (Å²) in [6.45, 7) is 5.78. The Morgan fingerprint density at radius 2 is 1.83 bits per heavy atom. The van der Waals surface area contributed by atoms with Crippen molar-refractivity contribution in [2.45, 2.75) is 50.9 Å². The van der Waals surface area contributed by atoms with Crippen LogP contribution in [0.4, 0.5) is 0 Å². The van der Waals surface area contributed by atoms with Gasteiger partial charge in [-0.25, -0.2) is 0 Å². The highest BCUT2D eigenvalue weighted by atomic mass is 16.5. The molecule has 5 nitrogen and oxygen atoms in total. The third-order valence-electron chi connectivity index (χ3n) is 5.59. The summed E-state index contributed by atoms with van der Waals surface area (Å²) >= 11 is 0. The van der Waals surface area contributed by atoms with Gasteiger partial charge in [-0.05, 0) is 43.9 Å². The van der Waals surface area contributed by atoms with E-state index >= 15 is 0 Å². The van der Waals surface area contributed by atoms with Crippen LogP contribution in [0.15, 0.2) is 54.6 Å². The Balaban J connectivity index is 1.99. The third-order valence-corrected chi connectivity index (χ3v) is 5.59. The lowest BCUT2D eigenvalue weighted by Crippen LogP contribution is -2.46. The highest BCUT2D eigenvalue weighted by molar-refractivity contribution is 5.94. The quantitative estimate of drug-likeness (QED) is 0.776. The second-order valence-corrected chi connectivity index (χ2v) is 8.14. The first-order valence-electron chi connectivity index (χ1n) is 9.96. The number of hydrogen-bond donors (Lipinski definition) is 1. The van der Waals surface area contributed by atoms with Crippen molar-refractivity contribution >= 4 is 11.7 Å². The van der Waals surface area contributed by atoms with Crippen LogP contribution in [-0.4, -0.2) is 43.2 Å². The van der Waals surface area contributed by atoms with Crippen molar-refractivity contribution in [2.75, 3.05) is 13.7 Å². The topological polar surface area (TPSA) is 64.6 Å². The number of amides is 1. The molecular formula is C24H29NO4. The van der Waals surface area contributed by atoms with Crippen LogP contribution in [0.25, 0.3) is 11.1 Å². The van der Waals surface area contributed by atoms with Crippen molar-refractivity contribution in [3.63, 3.8) is 0 Å². The first kappa shape index (κ1) is 21.2. The van der Waals surface area contributed by atoms with E-state index in [4.69, 9.17) is 9.47 Å². The SMILES string of the molecule is COC(C)(C)CC(C(=O)NC1C(=O)COC1C)c1ccccc1-c1ccccc1. The number of carbonyl (C=O) groups excluding carboxylic acids is 2. The summed E-state index contributed by atoms with van der Waals surface area (Å²) in [5, 5.41) is 2.93. The van der Waals surface area contributed by atoms with Crippen LogP contribution in [0.1, 0.15) is 38.7 Å². The number of ketones is 1. The van der Waals surface area contributed by atoms with Crippen LogP contribution >= 0.6 is 0 Å². The molecule has 0 saturated carbocycles. The number of rotatable bonds is 7. The van der Waals surface area contributed by atoms with E-state index in [1.807, 2.05) is 75.4 Å². The van der Waals surface area contributed by atoms with Crippen molar-refractivity contribution < 1.29 is 19.1 Å². The van der Waals surface area contributed by atoms with E-state index in [9.17, 15) is 9.59 Å². The molecule has 2 aromatic carbocycles. The molecule has 1 saturated heterocycles. The van der Waals surface area contributed by atoms with Crippen LogP contribution in [0.3, 0.4) is 0 Å². The Bertz CT molecular complexity index is 862. The van der Waals surface area contributed by atoms with Gasteiger partial charge in [0.2, 0.25) is 5.91 Å². The molecule has 3 rings (SSSR count). The Hall–Kier alpha value is -2.50. The number of carbonyl (C=O) groups is 2. The van der Waals surface area contributed by atoms with Crippen molar-refractivity contribution in [1.29, 1.82) is 0 Å². The molecule has 5 heteroatoms. The van der Waals surface area contributed by atoms with E-state index in [1.54, 1.807) is 7.11 Å². The summed E-state index contributed by atoms with van der Waals surface area (Å²) in [6, 6.07) is 17.3. The van der Waals surface area contributed by atoms with Gasteiger partial charge in [0.15, 0.2) is 5.78 Å². The van der Waals surface area contributed by atoms with Gasteiger partial charge in [-0.2, -0.15) is 0 Å². The van der Waals surface area contributed by atoms with Gasteiger partial charge in [0.1, 0.15) is 12.6 Å². The lowest BCUT2D eigenvalue weighted by molar-refractivity contribution is -0.128. The van der Waals surface area contributed by atoms with Gasteiger partial charge < -0.3 is 14.8 Å². The normalized spacial score (nSPS) is 20.5. The van der Waals surface area contributed by atoms with Crippen molar-refractivity contribution in [2.24, 2.45) is 0 Å². The Morgan fingerprint density at radius 3 is 2.45 bits per heavy atom. The molecule has 1 fully saturated rings. The molecular weight excluding hydrogens is 366 g/mol. The number of Topliss-reactive ketones (excluding diaryl/α,β-unsaturated/α-hetero) is 1. The van der Waals surface area contributed by atoms with E-state index in [-0.39, 0.29) is 24.4 Å². The summed E-state index contributed by atoms with van der Waals surface area (Å²) in [5.41, 5.74) is 2.46. The molecule has 2 aromatic rings. The molecule has 1 amide bonds. The van der Waals surface area contributed by atoms with E-state index < -0.39 is 17.6 Å². The number of ether oxygens (including phenoxy) is 2. The summed E-state index contributed by atoms with van der Waals surface area (Å²) in [4.78, 5) is 25.5. The second-order valence-electron chi connectivity index (χ2n) is 8.14. The highest BCUT2D eigenvalue weighted by Crippen LogP contribution is 2.35. The van der Waals surface area contributed by atoms with Crippen LogP contribution in [-0.2, 0) is 19.1 Å². The molecule has 1 heterocycles. The number of nitrogens with one attached hydrogen (secondary N) is 1. The summed E-state index contributed by atoms with van der Waals surface area (Å²) in [7, 11) is 1.65. The van der Waals surface area contributed by atoms with Gasteiger partial charge in [0.05, 0.1) is 17.6 Å². The lowest BCUT2D eigenvalue weighted by atomic mass is 9.83. The summed E-state index contributed by atoms with van der Waals surface area (Å²) < 4.78 is 11.0. The van der Waals surface area contributed by atoms with Crippen LogP contribution in [0.5, 0.6) is 0 Å². The highest BCUT2D eigenvalue weighted by Gasteiger charge is 2.37. The van der Waals surface area contributed by atoms with Gasteiger partial charge in [0, 0.05) is 7.11 Å². The van der Waals surface area contributed by atoms with Crippen molar-refractivity contribution in [3.05, 3.63) is 60.2 Å². The van der Waals surface area contributed by atoms with Gasteiger partial charge >= 0.3 is 0 Å². The maximum absolute atomic E-state index is 13.4.